The molecule has 0 unspecified atom stereocenters. The van der Waals surface area contributed by atoms with Gasteiger partial charge >= 0.3 is 0 Å². The number of aliphatic hydroxyl groups is 1. The zero-order chi connectivity index (χ0) is 13.7. The molecule has 8 heteroatoms. The standard InChI is InChI=1S/C11H19N5O2S/c12-9-8(10(18)14-2-1-7-17)19-11(15-9)16-5-3-13-4-6-16/h13,17H,1-7,12H2,(H,14,18). The van der Waals surface area contributed by atoms with Gasteiger partial charge in [0.2, 0.25) is 0 Å². The maximum atomic E-state index is 11.9. The molecule has 1 aliphatic rings. The lowest BCUT2D eigenvalue weighted by atomic mass is 10.4. The van der Waals surface area contributed by atoms with Crippen LogP contribution < -0.4 is 21.3 Å². The van der Waals surface area contributed by atoms with E-state index >= 15 is 0 Å². The number of hydrogen-bond acceptors (Lipinski definition) is 7. The van der Waals surface area contributed by atoms with Crippen LogP contribution in [0.2, 0.25) is 0 Å². The van der Waals surface area contributed by atoms with Crippen molar-refractivity contribution in [2.75, 3.05) is 50.0 Å². The molecule has 2 heterocycles. The van der Waals surface area contributed by atoms with Gasteiger partial charge in [-0.3, -0.25) is 4.79 Å². The number of carbonyl (C=O) groups is 1. The molecule has 7 nitrogen and oxygen atoms in total. The maximum Gasteiger partial charge on any atom is 0.265 e. The van der Waals surface area contributed by atoms with Gasteiger partial charge in [-0.25, -0.2) is 4.98 Å². The Morgan fingerprint density at radius 2 is 2.26 bits per heavy atom. The lowest BCUT2D eigenvalue weighted by Gasteiger charge is -2.26. The van der Waals surface area contributed by atoms with Gasteiger partial charge in [0.1, 0.15) is 10.7 Å². The third-order valence-electron chi connectivity index (χ3n) is 2.86. The minimum atomic E-state index is -0.218. The summed E-state index contributed by atoms with van der Waals surface area (Å²) in [5.74, 6) is 0.0601. The summed E-state index contributed by atoms with van der Waals surface area (Å²) in [5.41, 5.74) is 5.80. The number of nitrogen functional groups attached to an aromatic ring is 1. The van der Waals surface area contributed by atoms with Crippen LogP contribution in [0.1, 0.15) is 16.1 Å². The highest BCUT2D eigenvalue weighted by molar-refractivity contribution is 7.18. The van der Waals surface area contributed by atoms with Crippen molar-refractivity contribution in [3.05, 3.63) is 4.88 Å². The van der Waals surface area contributed by atoms with E-state index in [0.29, 0.717) is 17.8 Å². The molecule has 1 saturated heterocycles. The molecule has 0 radical (unpaired) electrons. The first-order chi connectivity index (χ1) is 9.22. The van der Waals surface area contributed by atoms with Crippen molar-refractivity contribution >= 4 is 28.2 Å². The zero-order valence-electron chi connectivity index (χ0n) is 10.7. The largest absolute Gasteiger partial charge is 0.396 e. The molecule has 1 amide bonds. The van der Waals surface area contributed by atoms with E-state index in [9.17, 15) is 4.79 Å². The third-order valence-corrected chi connectivity index (χ3v) is 3.99. The van der Waals surface area contributed by atoms with Crippen molar-refractivity contribution in [3.63, 3.8) is 0 Å². The summed E-state index contributed by atoms with van der Waals surface area (Å²) in [6.07, 6.45) is 0.537. The second-order valence-electron chi connectivity index (χ2n) is 4.28. The highest BCUT2D eigenvalue weighted by Gasteiger charge is 2.20. The number of nitrogens with zero attached hydrogens (tertiary/aromatic N) is 2. The van der Waals surface area contributed by atoms with Crippen LogP contribution >= 0.6 is 11.3 Å². The van der Waals surface area contributed by atoms with E-state index in [1.54, 1.807) is 0 Å². The number of nitrogens with two attached hydrogens (primary N) is 1. The number of aromatic nitrogens is 1. The predicted octanol–water partition coefficient (Wildman–Crippen LogP) is -0.753. The lowest BCUT2D eigenvalue weighted by molar-refractivity contribution is 0.0956. The minimum Gasteiger partial charge on any atom is -0.396 e. The van der Waals surface area contributed by atoms with Crippen LogP contribution in [-0.2, 0) is 0 Å². The third kappa shape index (κ3) is 3.55. The van der Waals surface area contributed by atoms with Crippen LogP contribution in [-0.4, -0.2) is 55.3 Å². The van der Waals surface area contributed by atoms with Crippen LogP contribution in [0.25, 0.3) is 0 Å². The zero-order valence-corrected chi connectivity index (χ0v) is 11.5. The second kappa shape index (κ2) is 6.69. The van der Waals surface area contributed by atoms with Gasteiger partial charge in [-0.2, -0.15) is 0 Å². The van der Waals surface area contributed by atoms with Crippen molar-refractivity contribution in [2.24, 2.45) is 0 Å². The topological polar surface area (TPSA) is 104 Å². The van der Waals surface area contributed by atoms with Gasteiger partial charge < -0.3 is 26.4 Å². The summed E-state index contributed by atoms with van der Waals surface area (Å²) in [7, 11) is 0. The Hall–Kier alpha value is -1.38. The van der Waals surface area contributed by atoms with E-state index in [2.05, 4.69) is 20.5 Å². The highest BCUT2D eigenvalue weighted by atomic mass is 32.1. The lowest BCUT2D eigenvalue weighted by Crippen LogP contribution is -2.43. The van der Waals surface area contributed by atoms with Crippen LogP contribution in [0.3, 0.4) is 0 Å². The first-order valence-electron chi connectivity index (χ1n) is 6.33. The Balaban J connectivity index is 2.01. The maximum absolute atomic E-state index is 11.9. The fraction of sp³-hybridized carbons (Fsp3) is 0.636. The molecule has 0 aromatic carbocycles. The summed E-state index contributed by atoms with van der Waals surface area (Å²) < 4.78 is 0. The van der Waals surface area contributed by atoms with E-state index in [4.69, 9.17) is 10.8 Å². The summed E-state index contributed by atoms with van der Waals surface area (Å²) >= 11 is 1.32. The normalized spacial score (nSPS) is 15.5. The van der Waals surface area contributed by atoms with Crippen LogP contribution in [0.5, 0.6) is 0 Å². The number of piperazine rings is 1. The summed E-state index contributed by atoms with van der Waals surface area (Å²) in [5, 5.41) is 15.5. The number of thiazole rings is 1. The molecule has 2 rings (SSSR count). The molecule has 0 atom stereocenters. The van der Waals surface area contributed by atoms with Crippen molar-refractivity contribution in [1.82, 2.24) is 15.6 Å². The van der Waals surface area contributed by atoms with Crippen molar-refractivity contribution < 1.29 is 9.90 Å². The Kier molecular flexibility index (Phi) is 4.94. The second-order valence-corrected chi connectivity index (χ2v) is 5.26. The van der Waals surface area contributed by atoms with Crippen molar-refractivity contribution in [2.45, 2.75) is 6.42 Å². The van der Waals surface area contributed by atoms with E-state index in [0.717, 1.165) is 31.3 Å². The molecule has 19 heavy (non-hydrogen) atoms. The molecule has 1 aliphatic heterocycles. The summed E-state index contributed by atoms with van der Waals surface area (Å²) in [4.78, 5) is 18.7. The number of aliphatic hydroxyl groups excluding tert-OH is 1. The number of nitrogens with one attached hydrogen (secondary N) is 2. The number of amides is 1. The fourth-order valence-corrected chi connectivity index (χ4v) is 2.79. The van der Waals surface area contributed by atoms with Crippen LogP contribution in [0.4, 0.5) is 10.9 Å². The average Bonchev–Trinajstić information content (AvgIpc) is 2.82. The van der Waals surface area contributed by atoms with Gasteiger partial charge in [-0.15, -0.1) is 0 Å². The van der Waals surface area contributed by atoms with Crippen molar-refractivity contribution in [1.29, 1.82) is 0 Å². The van der Waals surface area contributed by atoms with Gasteiger partial charge in [0.25, 0.3) is 5.91 Å². The molecule has 106 valence electrons. The van der Waals surface area contributed by atoms with Crippen molar-refractivity contribution in [3.8, 4) is 0 Å². The van der Waals surface area contributed by atoms with Gasteiger partial charge in [0.15, 0.2) is 5.13 Å². The van der Waals surface area contributed by atoms with Gasteiger partial charge in [-0.05, 0) is 6.42 Å². The minimum absolute atomic E-state index is 0.0600. The van der Waals surface area contributed by atoms with E-state index in [-0.39, 0.29) is 18.3 Å². The Morgan fingerprint density at radius 1 is 1.53 bits per heavy atom. The highest BCUT2D eigenvalue weighted by Crippen LogP contribution is 2.28. The molecular formula is C11H19N5O2S. The SMILES string of the molecule is Nc1nc(N2CCNCC2)sc1C(=O)NCCCO. The molecule has 0 saturated carbocycles. The summed E-state index contributed by atoms with van der Waals surface area (Å²) in [6, 6.07) is 0. The molecule has 5 N–H and O–H groups in total. The van der Waals surface area contributed by atoms with Crippen LogP contribution in [0, 0.1) is 0 Å². The number of anilines is 2. The monoisotopic (exact) mass is 285 g/mol. The van der Waals surface area contributed by atoms with E-state index in [1.807, 2.05) is 0 Å². The Morgan fingerprint density at radius 3 is 2.95 bits per heavy atom. The molecule has 1 fully saturated rings. The summed E-state index contributed by atoms with van der Waals surface area (Å²) in [6.45, 7) is 4.08. The molecule has 1 aromatic heterocycles. The Labute approximate surface area is 115 Å². The van der Waals surface area contributed by atoms with E-state index in [1.165, 1.54) is 11.3 Å². The number of carbonyl (C=O) groups excluding carboxylic acids is 1. The molecule has 1 aromatic rings. The van der Waals surface area contributed by atoms with Gasteiger partial charge in [0, 0.05) is 39.3 Å². The van der Waals surface area contributed by atoms with Gasteiger partial charge in [-0.1, -0.05) is 11.3 Å². The molecule has 0 aliphatic carbocycles. The fourth-order valence-electron chi connectivity index (χ4n) is 1.84. The molecule has 0 spiro atoms. The van der Waals surface area contributed by atoms with E-state index < -0.39 is 0 Å². The average molecular weight is 285 g/mol. The van der Waals surface area contributed by atoms with Crippen LogP contribution in [0.15, 0.2) is 0 Å². The quantitative estimate of drug-likeness (QED) is 0.531. The molecule has 0 bridgehead atoms. The first-order valence-corrected chi connectivity index (χ1v) is 7.15. The number of rotatable bonds is 5. The smallest absolute Gasteiger partial charge is 0.265 e. The van der Waals surface area contributed by atoms with Gasteiger partial charge in [0.05, 0.1) is 0 Å². The Bertz CT molecular complexity index is 431. The first kappa shape index (κ1) is 14.0. The predicted molar refractivity (Wildman–Crippen MR) is 75.6 cm³/mol. The number of hydrogen-bond donors (Lipinski definition) is 4. The molecular weight excluding hydrogens is 266 g/mol.